The molecular formula is C20H26N2O5. The highest BCUT2D eigenvalue weighted by atomic mass is 16.5. The fourth-order valence-corrected chi connectivity index (χ4v) is 4.51. The summed E-state index contributed by atoms with van der Waals surface area (Å²) in [7, 11) is 2.89. The number of ether oxygens (including phenoxy) is 2. The molecular weight excluding hydrogens is 348 g/mol. The van der Waals surface area contributed by atoms with Gasteiger partial charge in [-0.25, -0.2) is 0 Å². The van der Waals surface area contributed by atoms with E-state index >= 15 is 0 Å². The van der Waals surface area contributed by atoms with Crippen molar-refractivity contribution in [2.45, 2.75) is 37.1 Å². The topological polar surface area (TPSA) is 84.9 Å². The molecule has 1 aromatic carbocycles. The molecule has 2 amide bonds. The summed E-state index contributed by atoms with van der Waals surface area (Å²) in [6, 6.07) is 7.27. The fraction of sp³-hybridized carbons (Fsp3) is 0.550. The first-order valence-corrected chi connectivity index (χ1v) is 9.29. The van der Waals surface area contributed by atoms with Gasteiger partial charge in [0.2, 0.25) is 5.91 Å². The van der Waals surface area contributed by atoms with E-state index in [1.54, 1.807) is 19.2 Å². The first-order chi connectivity index (χ1) is 13.0. The van der Waals surface area contributed by atoms with Crippen molar-refractivity contribution in [3.8, 4) is 0 Å². The number of carbonyl (C=O) groups is 3. The predicted molar refractivity (Wildman–Crippen MR) is 98.3 cm³/mol. The standard InChI is InChI=1S/C20H26N2O5/c1-26-12-11-22-19(25)15-8-4-3-7-14(15)17(20(22)9-5-6-10-20)18(24)21-13-16(23)27-2/h3-4,7-8,17H,5-6,9-13H2,1-2H3,(H,21,24). The number of esters is 1. The van der Waals surface area contributed by atoms with Gasteiger partial charge in [-0.3, -0.25) is 14.4 Å². The summed E-state index contributed by atoms with van der Waals surface area (Å²) in [5, 5.41) is 2.70. The van der Waals surface area contributed by atoms with E-state index in [2.05, 4.69) is 10.1 Å². The van der Waals surface area contributed by atoms with Gasteiger partial charge in [0, 0.05) is 19.2 Å². The van der Waals surface area contributed by atoms with Gasteiger partial charge in [0.25, 0.3) is 5.91 Å². The quantitative estimate of drug-likeness (QED) is 0.763. The summed E-state index contributed by atoms with van der Waals surface area (Å²) in [6.45, 7) is 0.659. The zero-order valence-electron chi connectivity index (χ0n) is 15.8. The smallest absolute Gasteiger partial charge is 0.325 e. The molecule has 0 radical (unpaired) electrons. The summed E-state index contributed by atoms with van der Waals surface area (Å²) < 4.78 is 9.85. The lowest BCUT2D eigenvalue weighted by atomic mass is 9.71. The Morgan fingerprint density at radius 2 is 1.93 bits per heavy atom. The van der Waals surface area contributed by atoms with Gasteiger partial charge in [-0.15, -0.1) is 0 Å². The van der Waals surface area contributed by atoms with E-state index in [9.17, 15) is 14.4 Å². The molecule has 146 valence electrons. The molecule has 7 nitrogen and oxygen atoms in total. The lowest BCUT2D eigenvalue weighted by Gasteiger charge is -2.50. The SMILES string of the molecule is COCCN1C(=O)c2ccccc2C(C(=O)NCC(=O)OC)C12CCCC2. The van der Waals surface area contributed by atoms with Crippen LogP contribution in [0.15, 0.2) is 24.3 Å². The molecule has 1 aliphatic carbocycles. The average molecular weight is 374 g/mol. The van der Waals surface area contributed by atoms with E-state index in [0.29, 0.717) is 18.7 Å². The molecule has 0 bridgehead atoms. The van der Waals surface area contributed by atoms with Crippen LogP contribution in [0.1, 0.15) is 47.5 Å². The molecule has 1 saturated carbocycles. The predicted octanol–water partition coefficient (Wildman–Crippen LogP) is 1.47. The number of nitrogens with zero attached hydrogens (tertiary/aromatic N) is 1. The first kappa shape index (κ1) is 19.4. The number of carbonyl (C=O) groups excluding carboxylic acids is 3. The van der Waals surface area contributed by atoms with Crippen LogP contribution in [0.25, 0.3) is 0 Å². The summed E-state index contributed by atoms with van der Waals surface area (Å²) >= 11 is 0. The number of nitrogens with one attached hydrogen (secondary N) is 1. The maximum atomic E-state index is 13.2. The Hall–Kier alpha value is -2.41. The van der Waals surface area contributed by atoms with Crippen LogP contribution in [0.2, 0.25) is 0 Å². The Morgan fingerprint density at radius 3 is 2.59 bits per heavy atom. The molecule has 1 fully saturated rings. The molecule has 1 unspecified atom stereocenters. The highest BCUT2D eigenvalue weighted by Gasteiger charge is 2.55. The summed E-state index contributed by atoms with van der Waals surface area (Å²) in [5.74, 6) is -1.32. The molecule has 1 N–H and O–H groups in total. The van der Waals surface area contributed by atoms with Crippen LogP contribution in [0.5, 0.6) is 0 Å². The van der Waals surface area contributed by atoms with E-state index in [4.69, 9.17) is 4.74 Å². The van der Waals surface area contributed by atoms with E-state index in [1.807, 2.05) is 17.0 Å². The van der Waals surface area contributed by atoms with Crippen molar-refractivity contribution in [1.29, 1.82) is 0 Å². The van der Waals surface area contributed by atoms with Crippen molar-refractivity contribution in [3.05, 3.63) is 35.4 Å². The molecule has 1 heterocycles. The van der Waals surface area contributed by atoms with Gasteiger partial charge in [0.1, 0.15) is 6.54 Å². The minimum absolute atomic E-state index is 0.0541. The first-order valence-electron chi connectivity index (χ1n) is 9.29. The number of methoxy groups -OCH3 is 2. The third-order valence-corrected chi connectivity index (χ3v) is 5.71. The van der Waals surface area contributed by atoms with Gasteiger partial charge in [-0.05, 0) is 24.5 Å². The van der Waals surface area contributed by atoms with E-state index in [-0.39, 0.29) is 18.4 Å². The maximum Gasteiger partial charge on any atom is 0.325 e. The van der Waals surface area contributed by atoms with Crippen LogP contribution in [0, 0.1) is 0 Å². The normalized spacial score (nSPS) is 20.4. The van der Waals surface area contributed by atoms with Gasteiger partial charge in [0.05, 0.1) is 25.2 Å². The third-order valence-electron chi connectivity index (χ3n) is 5.71. The summed E-state index contributed by atoms with van der Waals surface area (Å²) in [4.78, 5) is 39.7. The van der Waals surface area contributed by atoms with E-state index < -0.39 is 17.4 Å². The Balaban J connectivity index is 2.03. The minimum atomic E-state index is -0.579. The van der Waals surface area contributed by atoms with Crippen LogP contribution >= 0.6 is 0 Å². The number of fused-ring (bicyclic) bond motifs is 1. The Morgan fingerprint density at radius 1 is 1.22 bits per heavy atom. The number of hydrogen-bond donors (Lipinski definition) is 1. The zero-order chi connectivity index (χ0) is 19.4. The van der Waals surface area contributed by atoms with Crippen LogP contribution in [0.4, 0.5) is 0 Å². The van der Waals surface area contributed by atoms with Crippen molar-refractivity contribution >= 4 is 17.8 Å². The van der Waals surface area contributed by atoms with Crippen molar-refractivity contribution in [3.63, 3.8) is 0 Å². The van der Waals surface area contributed by atoms with Gasteiger partial charge in [-0.2, -0.15) is 0 Å². The second kappa shape index (κ2) is 8.08. The van der Waals surface area contributed by atoms with Crippen molar-refractivity contribution in [2.75, 3.05) is 33.9 Å². The lowest BCUT2D eigenvalue weighted by Crippen LogP contribution is -2.61. The molecule has 0 saturated heterocycles. The van der Waals surface area contributed by atoms with Crippen LogP contribution in [-0.2, 0) is 19.1 Å². The molecule has 27 heavy (non-hydrogen) atoms. The molecule has 0 aromatic heterocycles. The van der Waals surface area contributed by atoms with Gasteiger partial charge in [0.15, 0.2) is 0 Å². The molecule has 1 aliphatic heterocycles. The zero-order valence-corrected chi connectivity index (χ0v) is 15.8. The second-order valence-electron chi connectivity index (χ2n) is 7.07. The molecule has 1 spiro atoms. The Kier molecular flexibility index (Phi) is 5.79. The van der Waals surface area contributed by atoms with Crippen LogP contribution in [0.3, 0.4) is 0 Å². The van der Waals surface area contributed by atoms with Crippen molar-refractivity contribution in [1.82, 2.24) is 10.2 Å². The van der Waals surface area contributed by atoms with Crippen molar-refractivity contribution in [2.24, 2.45) is 0 Å². The summed E-state index contributed by atoms with van der Waals surface area (Å²) in [5.41, 5.74) is 0.703. The van der Waals surface area contributed by atoms with Gasteiger partial charge < -0.3 is 19.7 Å². The Labute approximate surface area is 159 Å². The maximum absolute atomic E-state index is 13.2. The lowest BCUT2D eigenvalue weighted by molar-refractivity contribution is -0.141. The molecule has 7 heteroatoms. The molecule has 2 aliphatic rings. The number of hydrogen-bond acceptors (Lipinski definition) is 5. The van der Waals surface area contributed by atoms with E-state index in [0.717, 1.165) is 31.2 Å². The second-order valence-corrected chi connectivity index (χ2v) is 7.07. The summed E-state index contributed by atoms with van der Waals surface area (Å²) in [6.07, 6.45) is 3.43. The molecule has 1 aromatic rings. The number of benzene rings is 1. The highest BCUT2D eigenvalue weighted by Crippen LogP contribution is 2.50. The fourth-order valence-electron chi connectivity index (χ4n) is 4.51. The van der Waals surface area contributed by atoms with Gasteiger partial charge >= 0.3 is 5.97 Å². The van der Waals surface area contributed by atoms with Crippen LogP contribution in [-0.4, -0.2) is 62.1 Å². The monoisotopic (exact) mass is 374 g/mol. The van der Waals surface area contributed by atoms with E-state index in [1.165, 1.54) is 7.11 Å². The molecule has 1 atom stereocenters. The Bertz CT molecular complexity index is 727. The van der Waals surface area contributed by atoms with Gasteiger partial charge in [-0.1, -0.05) is 31.0 Å². The molecule has 3 rings (SSSR count). The largest absolute Gasteiger partial charge is 0.468 e. The number of amides is 2. The minimum Gasteiger partial charge on any atom is -0.468 e. The third kappa shape index (κ3) is 3.43. The highest BCUT2D eigenvalue weighted by molar-refractivity contribution is 6.02. The van der Waals surface area contributed by atoms with Crippen LogP contribution < -0.4 is 5.32 Å². The van der Waals surface area contributed by atoms with Crippen molar-refractivity contribution < 1.29 is 23.9 Å². The number of rotatable bonds is 6. The average Bonchev–Trinajstić information content (AvgIpc) is 3.16.